The number of nitrogens with zero attached hydrogens (tertiary/aromatic N) is 1. The van der Waals surface area contributed by atoms with Gasteiger partial charge in [0.25, 0.3) is 0 Å². The standard InChI is InChI=1S/C25H36N2O3/c1-20-9-5-6-10-22(20)17-26-16-21-11-12-24(25(15-21)29-2)30-19-23(28)18-27-13-7-3-4-8-14-27/h5-6,9-12,15,23,26,28H,3-4,7-8,13-14,16-19H2,1-2H3. The number of aryl methyl sites for hydroxylation is 1. The van der Waals surface area contributed by atoms with Gasteiger partial charge >= 0.3 is 0 Å². The minimum absolute atomic E-state index is 0.276. The number of aliphatic hydroxyl groups excluding tert-OH is 1. The first kappa shape index (κ1) is 22.6. The molecule has 2 aromatic rings. The lowest BCUT2D eigenvalue weighted by atomic mass is 10.1. The number of nitrogens with one attached hydrogen (secondary N) is 1. The number of rotatable bonds is 10. The summed E-state index contributed by atoms with van der Waals surface area (Å²) in [5.74, 6) is 1.38. The van der Waals surface area contributed by atoms with Crippen LogP contribution < -0.4 is 14.8 Å². The molecule has 2 aromatic carbocycles. The van der Waals surface area contributed by atoms with Crippen molar-refractivity contribution in [1.82, 2.24) is 10.2 Å². The van der Waals surface area contributed by atoms with Crippen LogP contribution in [0.2, 0.25) is 0 Å². The molecule has 1 aliphatic heterocycles. The molecule has 0 saturated carbocycles. The van der Waals surface area contributed by atoms with E-state index in [4.69, 9.17) is 9.47 Å². The molecule has 0 aromatic heterocycles. The Bertz CT molecular complexity index is 773. The molecule has 1 heterocycles. The maximum Gasteiger partial charge on any atom is 0.161 e. The molecule has 2 N–H and O–H groups in total. The van der Waals surface area contributed by atoms with Gasteiger partial charge in [0.15, 0.2) is 11.5 Å². The Morgan fingerprint density at radius 3 is 2.50 bits per heavy atom. The van der Waals surface area contributed by atoms with E-state index < -0.39 is 6.10 Å². The van der Waals surface area contributed by atoms with Crippen molar-refractivity contribution >= 4 is 0 Å². The van der Waals surface area contributed by atoms with Crippen LogP contribution in [-0.4, -0.2) is 49.5 Å². The molecular formula is C25H36N2O3. The first-order chi connectivity index (χ1) is 14.7. The van der Waals surface area contributed by atoms with E-state index in [0.717, 1.165) is 31.7 Å². The van der Waals surface area contributed by atoms with Gasteiger partial charge in [0, 0.05) is 19.6 Å². The molecule has 1 aliphatic rings. The van der Waals surface area contributed by atoms with Crippen molar-refractivity contribution in [3.05, 3.63) is 59.2 Å². The largest absolute Gasteiger partial charge is 0.493 e. The zero-order valence-corrected chi connectivity index (χ0v) is 18.4. The first-order valence-corrected chi connectivity index (χ1v) is 11.1. The lowest BCUT2D eigenvalue weighted by molar-refractivity contribution is 0.0683. The van der Waals surface area contributed by atoms with Crippen molar-refractivity contribution in [1.29, 1.82) is 0 Å². The van der Waals surface area contributed by atoms with Gasteiger partial charge in [-0.2, -0.15) is 0 Å². The van der Waals surface area contributed by atoms with Crippen LogP contribution in [0.3, 0.4) is 0 Å². The van der Waals surface area contributed by atoms with Crippen molar-refractivity contribution < 1.29 is 14.6 Å². The van der Waals surface area contributed by atoms with Crippen molar-refractivity contribution in [2.24, 2.45) is 0 Å². The van der Waals surface area contributed by atoms with Gasteiger partial charge < -0.3 is 24.8 Å². The molecule has 1 unspecified atom stereocenters. The summed E-state index contributed by atoms with van der Waals surface area (Å²) in [6.45, 7) is 6.81. The van der Waals surface area contributed by atoms with E-state index in [1.165, 1.54) is 36.8 Å². The normalized spacial score (nSPS) is 16.1. The minimum atomic E-state index is -0.497. The predicted octanol–water partition coefficient (Wildman–Crippen LogP) is 3.91. The zero-order chi connectivity index (χ0) is 21.2. The van der Waals surface area contributed by atoms with Gasteiger partial charge in [-0.05, 0) is 61.7 Å². The fourth-order valence-corrected chi connectivity index (χ4v) is 3.95. The van der Waals surface area contributed by atoms with E-state index >= 15 is 0 Å². The molecule has 30 heavy (non-hydrogen) atoms. The van der Waals surface area contributed by atoms with Gasteiger partial charge in [-0.25, -0.2) is 0 Å². The highest BCUT2D eigenvalue weighted by atomic mass is 16.5. The molecule has 5 nitrogen and oxygen atoms in total. The third kappa shape index (κ3) is 7.01. The van der Waals surface area contributed by atoms with E-state index in [1.807, 2.05) is 18.2 Å². The molecule has 1 atom stereocenters. The number of hydrogen-bond acceptors (Lipinski definition) is 5. The Kier molecular flexibility index (Phi) is 9.00. The molecule has 0 bridgehead atoms. The summed E-state index contributed by atoms with van der Waals surface area (Å²) < 4.78 is 11.4. The van der Waals surface area contributed by atoms with Crippen LogP contribution in [0.15, 0.2) is 42.5 Å². The highest BCUT2D eigenvalue weighted by Gasteiger charge is 2.15. The Morgan fingerprint density at radius 2 is 1.77 bits per heavy atom. The second-order valence-corrected chi connectivity index (χ2v) is 8.19. The molecule has 1 saturated heterocycles. The zero-order valence-electron chi connectivity index (χ0n) is 18.4. The topological polar surface area (TPSA) is 54.0 Å². The Labute approximate surface area is 181 Å². The average Bonchev–Trinajstić information content (AvgIpc) is 3.02. The average molecular weight is 413 g/mol. The number of aliphatic hydroxyl groups is 1. The van der Waals surface area contributed by atoms with Crippen LogP contribution in [0.4, 0.5) is 0 Å². The molecule has 164 valence electrons. The molecule has 0 aliphatic carbocycles. The lowest BCUT2D eigenvalue weighted by Gasteiger charge is -2.23. The van der Waals surface area contributed by atoms with Crippen molar-refractivity contribution in [2.45, 2.75) is 51.8 Å². The van der Waals surface area contributed by atoms with Gasteiger partial charge in [0.2, 0.25) is 0 Å². The van der Waals surface area contributed by atoms with Crippen LogP contribution in [0.1, 0.15) is 42.4 Å². The number of benzene rings is 2. The predicted molar refractivity (Wildman–Crippen MR) is 121 cm³/mol. The lowest BCUT2D eigenvalue weighted by Crippen LogP contribution is -2.36. The highest BCUT2D eigenvalue weighted by Crippen LogP contribution is 2.28. The van der Waals surface area contributed by atoms with Crippen molar-refractivity contribution in [2.75, 3.05) is 33.4 Å². The van der Waals surface area contributed by atoms with E-state index in [9.17, 15) is 5.11 Å². The number of methoxy groups -OCH3 is 1. The summed E-state index contributed by atoms with van der Waals surface area (Å²) in [5.41, 5.74) is 3.74. The second kappa shape index (κ2) is 11.9. The summed E-state index contributed by atoms with van der Waals surface area (Å²) >= 11 is 0. The number of ether oxygens (including phenoxy) is 2. The third-order valence-electron chi connectivity index (χ3n) is 5.73. The molecule has 1 fully saturated rings. The van der Waals surface area contributed by atoms with Gasteiger partial charge in [-0.15, -0.1) is 0 Å². The molecule has 5 heteroatoms. The second-order valence-electron chi connectivity index (χ2n) is 8.19. The number of likely N-dealkylation sites (tertiary alicyclic amines) is 1. The molecule has 0 radical (unpaired) electrons. The minimum Gasteiger partial charge on any atom is -0.493 e. The summed E-state index contributed by atoms with van der Waals surface area (Å²) in [6, 6.07) is 14.4. The fraction of sp³-hybridized carbons (Fsp3) is 0.520. The SMILES string of the molecule is COc1cc(CNCc2ccccc2C)ccc1OCC(O)CN1CCCCCC1. The van der Waals surface area contributed by atoms with E-state index in [1.54, 1.807) is 7.11 Å². The van der Waals surface area contributed by atoms with Gasteiger partial charge in [0.05, 0.1) is 7.11 Å². The number of hydrogen-bond donors (Lipinski definition) is 2. The van der Waals surface area contributed by atoms with Crippen LogP contribution in [-0.2, 0) is 13.1 Å². The third-order valence-corrected chi connectivity index (χ3v) is 5.73. The number of β-amino-alcohol motifs (C(OH)–C–C–N with tert-alkyl or cyclic N) is 1. The van der Waals surface area contributed by atoms with Crippen LogP contribution in [0.25, 0.3) is 0 Å². The maximum absolute atomic E-state index is 10.4. The first-order valence-electron chi connectivity index (χ1n) is 11.1. The Hall–Kier alpha value is -2.08. The van der Waals surface area contributed by atoms with Crippen LogP contribution in [0.5, 0.6) is 11.5 Å². The van der Waals surface area contributed by atoms with E-state index in [-0.39, 0.29) is 6.61 Å². The van der Waals surface area contributed by atoms with Gasteiger partial charge in [-0.3, -0.25) is 0 Å². The van der Waals surface area contributed by atoms with Gasteiger partial charge in [-0.1, -0.05) is 43.2 Å². The van der Waals surface area contributed by atoms with Gasteiger partial charge in [0.1, 0.15) is 12.7 Å². The summed E-state index contributed by atoms with van der Waals surface area (Å²) in [5, 5.41) is 13.9. The monoisotopic (exact) mass is 412 g/mol. The molecule has 3 rings (SSSR count). The highest BCUT2D eigenvalue weighted by molar-refractivity contribution is 5.43. The van der Waals surface area contributed by atoms with Crippen LogP contribution in [0, 0.1) is 6.92 Å². The smallest absolute Gasteiger partial charge is 0.161 e. The van der Waals surface area contributed by atoms with Crippen molar-refractivity contribution in [3.63, 3.8) is 0 Å². The van der Waals surface area contributed by atoms with E-state index in [2.05, 4.69) is 41.4 Å². The Balaban J connectivity index is 1.47. The summed E-state index contributed by atoms with van der Waals surface area (Å²) in [7, 11) is 1.65. The summed E-state index contributed by atoms with van der Waals surface area (Å²) in [6.07, 6.45) is 4.55. The molecule has 0 amide bonds. The quantitative estimate of drug-likeness (QED) is 0.620. The maximum atomic E-state index is 10.4. The molecule has 0 spiro atoms. The van der Waals surface area contributed by atoms with E-state index in [0.29, 0.717) is 18.0 Å². The van der Waals surface area contributed by atoms with Crippen molar-refractivity contribution in [3.8, 4) is 11.5 Å². The van der Waals surface area contributed by atoms with Crippen LogP contribution >= 0.6 is 0 Å². The fourth-order valence-electron chi connectivity index (χ4n) is 3.95. The molecular weight excluding hydrogens is 376 g/mol. The summed E-state index contributed by atoms with van der Waals surface area (Å²) in [4.78, 5) is 2.35. The Morgan fingerprint density at radius 1 is 1.00 bits per heavy atom.